The smallest absolute Gasteiger partial charge is 0.408 e. The zero-order valence-electron chi connectivity index (χ0n) is 14.1. The van der Waals surface area contributed by atoms with Crippen LogP contribution >= 0.6 is 0 Å². The number of carboxylic acids is 1. The second kappa shape index (κ2) is 6.81. The largest absolute Gasteiger partial charge is 0.481 e. The lowest BCUT2D eigenvalue weighted by Gasteiger charge is -2.23. The fourth-order valence-corrected chi connectivity index (χ4v) is 2.37. The minimum Gasteiger partial charge on any atom is -0.481 e. The normalized spacial score (nSPS) is 12.8. The molecule has 1 heterocycles. The molecular formula is C15H25N3O4. The first kappa shape index (κ1) is 18.0. The number of ether oxygens (including phenoxy) is 1. The Morgan fingerprint density at radius 1 is 1.36 bits per heavy atom. The van der Waals surface area contributed by atoms with Crippen LogP contribution in [-0.4, -0.2) is 32.6 Å². The maximum atomic E-state index is 12.0. The third kappa shape index (κ3) is 4.75. The number of rotatable bonds is 5. The van der Waals surface area contributed by atoms with Crippen molar-refractivity contribution in [2.24, 2.45) is 0 Å². The predicted octanol–water partition coefficient (Wildman–Crippen LogP) is 2.56. The van der Waals surface area contributed by atoms with Crippen molar-refractivity contribution >= 4 is 12.1 Å². The van der Waals surface area contributed by atoms with E-state index in [2.05, 4.69) is 10.4 Å². The third-order valence-electron chi connectivity index (χ3n) is 3.16. The van der Waals surface area contributed by atoms with Gasteiger partial charge in [-0.25, -0.2) is 4.79 Å². The summed E-state index contributed by atoms with van der Waals surface area (Å²) in [7, 11) is 0. The molecule has 0 radical (unpaired) electrons. The molecule has 22 heavy (non-hydrogen) atoms. The van der Waals surface area contributed by atoms with Gasteiger partial charge in [0.25, 0.3) is 0 Å². The number of hydrogen-bond acceptors (Lipinski definition) is 4. The second-order valence-corrected chi connectivity index (χ2v) is 6.20. The van der Waals surface area contributed by atoms with Crippen molar-refractivity contribution in [1.29, 1.82) is 0 Å². The summed E-state index contributed by atoms with van der Waals surface area (Å²) in [6.07, 6.45) is -0.863. The molecule has 1 rings (SSSR count). The molecule has 1 atom stereocenters. The first-order valence-corrected chi connectivity index (χ1v) is 7.30. The lowest BCUT2D eigenvalue weighted by molar-refractivity contribution is -0.137. The van der Waals surface area contributed by atoms with Gasteiger partial charge in [0.05, 0.1) is 18.2 Å². The maximum absolute atomic E-state index is 12.0. The van der Waals surface area contributed by atoms with E-state index in [-0.39, 0.29) is 6.42 Å². The number of hydrogen-bond donors (Lipinski definition) is 2. The molecule has 0 aliphatic carbocycles. The number of carbonyl (C=O) groups is 2. The highest BCUT2D eigenvalue weighted by Crippen LogP contribution is 2.25. The molecule has 0 bridgehead atoms. The van der Waals surface area contributed by atoms with Gasteiger partial charge in [-0.3, -0.25) is 9.48 Å². The van der Waals surface area contributed by atoms with Gasteiger partial charge in [0.2, 0.25) is 0 Å². The standard InChI is InChI=1S/C15H25N3O4/c1-7-18-10(3)13(9(2)17-18)11(8-12(19)20)16-14(21)22-15(4,5)6/h11H,7-8H2,1-6H3,(H,16,21)(H,19,20)/t11-/m0/s1. The van der Waals surface area contributed by atoms with E-state index in [1.54, 1.807) is 32.4 Å². The number of carboxylic acid groups (broad SMARTS) is 1. The zero-order valence-corrected chi connectivity index (χ0v) is 14.1. The third-order valence-corrected chi connectivity index (χ3v) is 3.16. The van der Waals surface area contributed by atoms with Gasteiger partial charge in [0, 0.05) is 17.8 Å². The number of carbonyl (C=O) groups excluding carboxylic acids is 1. The Morgan fingerprint density at radius 3 is 2.36 bits per heavy atom. The molecule has 0 saturated carbocycles. The van der Waals surface area contributed by atoms with Crippen molar-refractivity contribution in [3.05, 3.63) is 17.0 Å². The van der Waals surface area contributed by atoms with Crippen LogP contribution < -0.4 is 5.32 Å². The summed E-state index contributed by atoms with van der Waals surface area (Å²) in [6, 6.07) is -0.673. The summed E-state index contributed by atoms with van der Waals surface area (Å²) in [5.41, 5.74) is 1.65. The van der Waals surface area contributed by atoms with Crippen LogP contribution in [0.4, 0.5) is 4.79 Å². The van der Waals surface area contributed by atoms with E-state index in [1.165, 1.54) is 0 Å². The van der Waals surface area contributed by atoms with Gasteiger partial charge >= 0.3 is 12.1 Å². The van der Waals surface area contributed by atoms with Gasteiger partial charge in [-0.15, -0.1) is 0 Å². The number of aromatic nitrogens is 2. The van der Waals surface area contributed by atoms with Crippen LogP contribution in [0.5, 0.6) is 0 Å². The van der Waals surface area contributed by atoms with E-state index in [9.17, 15) is 9.59 Å². The van der Waals surface area contributed by atoms with Gasteiger partial charge in [0.1, 0.15) is 5.60 Å². The average Bonchev–Trinajstić information content (AvgIpc) is 2.60. The fourth-order valence-electron chi connectivity index (χ4n) is 2.37. The van der Waals surface area contributed by atoms with E-state index >= 15 is 0 Å². The zero-order chi connectivity index (χ0) is 17.1. The summed E-state index contributed by atoms with van der Waals surface area (Å²) in [6.45, 7) is 11.6. The molecule has 0 spiro atoms. The Morgan fingerprint density at radius 2 is 1.95 bits per heavy atom. The number of nitrogens with zero attached hydrogens (tertiary/aromatic N) is 2. The summed E-state index contributed by atoms with van der Waals surface area (Å²) in [5.74, 6) is -0.996. The highest BCUT2D eigenvalue weighted by atomic mass is 16.6. The number of aliphatic carboxylic acids is 1. The lowest BCUT2D eigenvalue weighted by Crippen LogP contribution is -2.36. The molecule has 124 valence electrons. The van der Waals surface area contributed by atoms with Crippen LogP contribution in [0.25, 0.3) is 0 Å². The quantitative estimate of drug-likeness (QED) is 0.871. The van der Waals surface area contributed by atoms with Crippen LogP contribution in [0.15, 0.2) is 0 Å². The maximum Gasteiger partial charge on any atom is 0.408 e. The summed E-state index contributed by atoms with van der Waals surface area (Å²) in [5, 5.41) is 16.1. The Hall–Kier alpha value is -2.05. The minimum atomic E-state index is -0.996. The van der Waals surface area contributed by atoms with E-state index in [0.717, 1.165) is 11.3 Å². The molecule has 0 aromatic carbocycles. The number of amides is 1. The summed E-state index contributed by atoms with van der Waals surface area (Å²) >= 11 is 0. The van der Waals surface area contributed by atoms with E-state index < -0.39 is 23.7 Å². The number of alkyl carbamates (subject to hydrolysis) is 1. The molecule has 7 nitrogen and oxygen atoms in total. The molecular weight excluding hydrogens is 286 g/mol. The van der Waals surface area contributed by atoms with Crippen molar-refractivity contribution in [2.75, 3.05) is 0 Å². The second-order valence-electron chi connectivity index (χ2n) is 6.20. The van der Waals surface area contributed by atoms with Crippen molar-refractivity contribution in [3.63, 3.8) is 0 Å². The van der Waals surface area contributed by atoms with Gasteiger partial charge in [0.15, 0.2) is 0 Å². The Labute approximate surface area is 130 Å². The Balaban J connectivity index is 3.06. The molecule has 7 heteroatoms. The first-order chi connectivity index (χ1) is 10.0. The number of nitrogens with one attached hydrogen (secondary N) is 1. The van der Waals surface area contributed by atoms with Gasteiger partial charge in [-0.2, -0.15) is 5.10 Å². The van der Waals surface area contributed by atoms with E-state index in [0.29, 0.717) is 12.2 Å². The molecule has 0 unspecified atom stereocenters. The molecule has 0 fully saturated rings. The SMILES string of the molecule is CCn1nc(C)c([C@H](CC(=O)O)NC(=O)OC(C)(C)C)c1C. The van der Waals surface area contributed by atoms with Gasteiger partial charge in [-0.1, -0.05) is 0 Å². The minimum absolute atomic E-state index is 0.226. The van der Waals surface area contributed by atoms with Gasteiger partial charge in [-0.05, 0) is 41.5 Å². The van der Waals surface area contributed by atoms with Crippen molar-refractivity contribution < 1.29 is 19.4 Å². The van der Waals surface area contributed by atoms with Crippen molar-refractivity contribution in [1.82, 2.24) is 15.1 Å². The average molecular weight is 311 g/mol. The highest BCUT2D eigenvalue weighted by molar-refractivity contribution is 5.72. The number of aryl methyl sites for hydroxylation is 2. The Kier molecular flexibility index (Phi) is 5.57. The molecule has 0 aliphatic heterocycles. The first-order valence-electron chi connectivity index (χ1n) is 7.30. The molecule has 2 N–H and O–H groups in total. The van der Waals surface area contributed by atoms with Crippen LogP contribution in [0.3, 0.4) is 0 Å². The highest BCUT2D eigenvalue weighted by Gasteiger charge is 2.27. The van der Waals surface area contributed by atoms with E-state index in [1.807, 2.05) is 13.8 Å². The van der Waals surface area contributed by atoms with Crippen LogP contribution in [0.1, 0.15) is 57.1 Å². The van der Waals surface area contributed by atoms with Crippen LogP contribution in [0, 0.1) is 13.8 Å². The van der Waals surface area contributed by atoms with Gasteiger partial charge < -0.3 is 15.2 Å². The van der Waals surface area contributed by atoms with Crippen LogP contribution in [0.2, 0.25) is 0 Å². The molecule has 1 amide bonds. The monoisotopic (exact) mass is 311 g/mol. The topological polar surface area (TPSA) is 93.5 Å². The Bertz CT molecular complexity index is 558. The summed E-state index contributed by atoms with van der Waals surface area (Å²) in [4.78, 5) is 23.1. The van der Waals surface area contributed by atoms with Crippen molar-refractivity contribution in [3.8, 4) is 0 Å². The molecule has 1 aromatic rings. The fraction of sp³-hybridized carbons (Fsp3) is 0.667. The molecule has 0 saturated heterocycles. The van der Waals surface area contributed by atoms with E-state index in [4.69, 9.17) is 9.84 Å². The lowest BCUT2D eigenvalue weighted by atomic mass is 10.0. The van der Waals surface area contributed by atoms with Crippen molar-refractivity contribution in [2.45, 2.75) is 66.2 Å². The predicted molar refractivity (Wildman–Crippen MR) is 81.7 cm³/mol. The summed E-state index contributed by atoms with van der Waals surface area (Å²) < 4.78 is 7.00. The molecule has 0 aliphatic rings. The molecule has 1 aromatic heterocycles. The van der Waals surface area contributed by atoms with Crippen LogP contribution in [-0.2, 0) is 16.1 Å².